The van der Waals surface area contributed by atoms with Crippen molar-refractivity contribution in [2.75, 3.05) is 0 Å². The third kappa shape index (κ3) is 2.24. The van der Waals surface area contributed by atoms with Crippen LogP contribution in [0.1, 0.15) is 5.56 Å². The number of fused-ring (bicyclic) bond motifs is 1. The number of ether oxygens (including phenoxy) is 1. The van der Waals surface area contributed by atoms with Crippen LogP contribution in [0.2, 0.25) is 0 Å². The van der Waals surface area contributed by atoms with Gasteiger partial charge in [0.15, 0.2) is 0 Å². The number of pyridine rings is 1. The van der Waals surface area contributed by atoms with E-state index < -0.39 is 0 Å². The Morgan fingerprint density at radius 3 is 3.06 bits per heavy atom. The van der Waals surface area contributed by atoms with Crippen LogP contribution in [0.4, 0.5) is 0 Å². The van der Waals surface area contributed by atoms with E-state index >= 15 is 0 Å². The van der Waals surface area contributed by atoms with Gasteiger partial charge in [0.25, 0.3) is 0 Å². The van der Waals surface area contributed by atoms with Crippen LogP contribution < -0.4 is 4.74 Å². The number of halogens is 1. The van der Waals surface area contributed by atoms with Crippen molar-refractivity contribution in [1.29, 1.82) is 0 Å². The van der Waals surface area contributed by atoms with Crippen LogP contribution in [0.15, 0.2) is 57.9 Å². The van der Waals surface area contributed by atoms with Crippen molar-refractivity contribution in [3.63, 3.8) is 0 Å². The minimum absolute atomic E-state index is 0.473. The molecular weight excluding hydrogens is 294 g/mol. The summed E-state index contributed by atoms with van der Waals surface area (Å²) in [5.41, 5.74) is 1.88. The highest BCUT2D eigenvalue weighted by molar-refractivity contribution is 9.10. The third-order valence-electron chi connectivity index (χ3n) is 2.65. The van der Waals surface area contributed by atoms with Gasteiger partial charge in [0.2, 0.25) is 0 Å². The highest BCUT2D eigenvalue weighted by Crippen LogP contribution is 2.25. The molecule has 0 saturated heterocycles. The van der Waals surface area contributed by atoms with E-state index in [4.69, 9.17) is 9.15 Å². The van der Waals surface area contributed by atoms with Crippen molar-refractivity contribution in [3.8, 4) is 5.75 Å². The molecule has 0 aliphatic rings. The van der Waals surface area contributed by atoms with E-state index in [0.29, 0.717) is 6.61 Å². The number of rotatable bonds is 3. The Hall–Kier alpha value is -1.81. The van der Waals surface area contributed by atoms with Crippen molar-refractivity contribution in [2.45, 2.75) is 6.61 Å². The Labute approximate surface area is 113 Å². The minimum Gasteiger partial charge on any atom is -0.487 e. The Kier molecular flexibility index (Phi) is 3.02. The van der Waals surface area contributed by atoms with Crippen molar-refractivity contribution in [2.24, 2.45) is 0 Å². The van der Waals surface area contributed by atoms with Gasteiger partial charge in [0, 0.05) is 21.6 Å². The van der Waals surface area contributed by atoms with Gasteiger partial charge in [-0.25, -0.2) is 0 Å². The number of benzene rings is 1. The summed E-state index contributed by atoms with van der Waals surface area (Å²) >= 11 is 3.42. The first-order chi connectivity index (χ1) is 8.83. The molecule has 0 saturated carbocycles. The van der Waals surface area contributed by atoms with Gasteiger partial charge in [-0.05, 0) is 30.3 Å². The number of furan rings is 1. The fourth-order valence-electron chi connectivity index (χ4n) is 1.76. The lowest BCUT2D eigenvalue weighted by molar-refractivity contribution is 0.304. The second kappa shape index (κ2) is 4.82. The number of nitrogens with zero attached hydrogens (tertiary/aromatic N) is 1. The maximum atomic E-state index is 5.65. The standard InChI is InChI=1S/C14H10BrNO2/c15-11-3-4-13-10(9-18-14(13)6-11)8-17-12-2-1-5-16-7-12/h1-7,9H,8H2. The summed E-state index contributed by atoms with van der Waals surface area (Å²) < 4.78 is 12.2. The molecule has 3 nitrogen and oxygen atoms in total. The first-order valence-corrected chi connectivity index (χ1v) is 6.31. The van der Waals surface area contributed by atoms with E-state index in [-0.39, 0.29) is 0 Å². The second-order valence-electron chi connectivity index (χ2n) is 3.88. The molecule has 1 aromatic carbocycles. The van der Waals surface area contributed by atoms with Gasteiger partial charge in [-0.3, -0.25) is 4.98 Å². The van der Waals surface area contributed by atoms with E-state index in [9.17, 15) is 0 Å². The molecule has 2 heterocycles. The summed E-state index contributed by atoms with van der Waals surface area (Å²) in [6.07, 6.45) is 5.14. The first-order valence-electron chi connectivity index (χ1n) is 5.51. The Morgan fingerprint density at radius 2 is 2.22 bits per heavy atom. The van der Waals surface area contributed by atoms with Crippen LogP contribution in [-0.2, 0) is 6.61 Å². The monoisotopic (exact) mass is 303 g/mol. The summed E-state index contributed by atoms with van der Waals surface area (Å²) in [5, 5.41) is 1.07. The molecule has 0 atom stereocenters. The SMILES string of the molecule is Brc1ccc2c(COc3cccnc3)coc2c1. The lowest BCUT2D eigenvalue weighted by Gasteiger charge is -2.03. The average molecular weight is 304 g/mol. The lowest BCUT2D eigenvalue weighted by Crippen LogP contribution is -1.94. The number of hydrogen-bond acceptors (Lipinski definition) is 3. The zero-order valence-corrected chi connectivity index (χ0v) is 11.1. The average Bonchev–Trinajstić information content (AvgIpc) is 2.80. The quantitative estimate of drug-likeness (QED) is 0.728. The molecular formula is C14H10BrNO2. The van der Waals surface area contributed by atoms with E-state index in [1.54, 1.807) is 18.7 Å². The predicted molar refractivity (Wildman–Crippen MR) is 72.5 cm³/mol. The zero-order valence-electron chi connectivity index (χ0n) is 9.47. The molecule has 0 radical (unpaired) electrons. The highest BCUT2D eigenvalue weighted by Gasteiger charge is 2.06. The van der Waals surface area contributed by atoms with E-state index in [0.717, 1.165) is 26.8 Å². The van der Waals surface area contributed by atoms with Crippen LogP contribution in [0.5, 0.6) is 5.75 Å². The van der Waals surface area contributed by atoms with Crippen LogP contribution in [0.25, 0.3) is 11.0 Å². The van der Waals surface area contributed by atoms with Crippen molar-refractivity contribution >= 4 is 26.9 Å². The molecule has 0 amide bonds. The predicted octanol–water partition coefficient (Wildman–Crippen LogP) is 4.17. The minimum atomic E-state index is 0.473. The van der Waals surface area contributed by atoms with Crippen LogP contribution >= 0.6 is 15.9 Å². The molecule has 2 aromatic heterocycles. The third-order valence-corrected chi connectivity index (χ3v) is 3.14. The Bertz CT molecular complexity index is 664. The molecule has 0 fully saturated rings. The molecule has 0 bridgehead atoms. The fraction of sp³-hybridized carbons (Fsp3) is 0.0714. The summed E-state index contributed by atoms with van der Waals surface area (Å²) in [4.78, 5) is 4.00. The summed E-state index contributed by atoms with van der Waals surface area (Å²) in [6, 6.07) is 9.69. The van der Waals surface area contributed by atoms with Gasteiger partial charge >= 0.3 is 0 Å². The van der Waals surface area contributed by atoms with Crippen LogP contribution in [0, 0.1) is 0 Å². The van der Waals surface area contributed by atoms with Gasteiger partial charge in [-0.1, -0.05) is 15.9 Å². The second-order valence-corrected chi connectivity index (χ2v) is 4.79. The maximum Gasteiger partial charge on any atom is 0.138 e. The topological polar surface area (TPSA) is 35.3 Å². The molecule has 0 N–H and O–H groups in total. The van der Waals surface area contributed by atoms with Crippen molar-refractivity contribution in [1.82, 2.24) is 4.98 Å². The summed E-state index contributed by atoms with van der Waals surface area (Å²) in [7, 11) is 0. The van der Waals surface area contributed by atoms with Crippen LogP contribution in [-0.4, -0.2) is 4.98 Å². The Morgan fingerprint density at radius 1 is 1.28 bits per heavy atom. The van der Waals surface area contributed by atoms with Gasteiger partial charge < -0.3 is 9.15 Å². The molecule has 0 spiro atoms. The van der Waals surface area contributed by atoms with Gasteiger partial charge in [-0.2, -0.15) is 0 Å². The number of hydrogen-bond donors (Lipinski definition) is 0. The fourth-order valence-corrected chi connectivity index (χ4v) is 2.10. The largest absolute Gasteiger partial charge is 0.487 e. The van der Waals surface area contributed by atoms with E-state index in [1.165, 1.54) is 0 Å². The van der Waals surface area contributed by atoms with E-state index in [1.807, 2.05) is 30.3 Å². The first kappa shape index (κ1) is 11.3. The van der Waals surface area contributed by atoms with Crippen LogP contribution in [0.3, 0.4) is 0 Å². The zero-order chi connectivity index (χ0) is 12.4. The smallest absolute Gasteiger partial charge is 0.138 e. The highest BCUT2D eigenvalue weighted by atomic mass is 79.9. The van der Waals surface area contributed by atoms with E-state index in [2.05, 4.69) is 20.9 Å². The molecule has 90 valence electrons. The van der Waals surface area contributed by atoms with Gasteiger partial charge in [-0.15, -0.1) is 0 Å². The summed E-state index contributed by atoms with van der Waals surface area (Å²) in [5.74, 6) is 0.754. The maximum absolute atomic E-state index is 5.65. The van der Waals surface area contributed by atoms with Gasteiger partial charge in [0.05, 0.1) is 12.5 Å². The molecule has 4 heteroatoms. The Balaban J connectivity index is 1.83. The van der Waals surface area contributed by atoms with Crippen molar-refractivity contribution in [3.05, 3.63) is 59.0 Å². The normalized spacial score (nSPS) is 10.7. The molecule has 18 heavy (non-hydrogen) atoms. The molecule has 0 aliphatic carbocycles. The molecule has 3 aromatic rings. The van der Waals surface area contributed by atoms with Crippen molar-refractivity contribution < 1.29 is 9.15 Å². The molecule has 3 rings (SSSR count). The molecule has 0 unspecified atom stereocenters. The van der Waals surface area contributed by atoms with Gasteiger partial charge in [0.1, 0.15) is 17.9 Å². The summed E-state index contributed by atoms with van der Waals surface area (Å²) in [6.45, 7) is 0.473. The number of aromatic nitrogens is 1. The lowest BCUT2D eigenvalue weighted by atomic mass is 10.2. The molecule has 0 aliphatic heterocycles.